The number of hydrogen-bond donors (Lipinski definition) is 1. The lowest BCUT2D eigenvalue weighted by molar-refractivity contribution is 0.415. The molecule has 1 aromatic heterocycles. The molecule has 0 aliphatic carbocycles. The molecule has 1 heterocycles. The van der Waals surface area contributed by atoms with Crippen LogP contribution in [-0.4, -0.2) is 12.1 Å². The van der Waals surface area contributed by atoms with Crippen molar-refractivity contribution in [1.82, 2.24) is 4.98 Å². The van der Waals surface area contributed by atoms with E-state index in [-0.39, 0.29) is 0 Å². The van der Waals surface area contributed by atoms with Gasteiger partial charge in [0.25, 0.3) is 0 Å². The number of nitrogens with one attached hydrogen (secondary N) is 1. The van der Waals surface area contributed by atoms with Crippen molar-refractivity contribution < 1.29 is 4.74 Å². The predicted octanol–water partition coefficient (Wildman–Crippen LogP) is 4.57. The zero-order valence-corrected chi connectivity index (χ0v) is 11.3. The average molecular weight is 267 g/mol. The molecule has 0 atom stereocenters. The van der Waals surface area contributed by atoms with Crippen molar-refractivity contribution in [2.24, 2.45) is 0 Å². The Bertz CT molecular complexity index is 778. The number of rotatable bonds is 2. The molecule has 2 aromatic carbocycles. The van der Waals surface area contributed by atoms with E-state index < -0.39 is 0 Å². The first-order valence-electron chi connectivity index (χ1n) is 6.04. The maximum absolute atomic E-state index is 5.30. The molecular formula is C16H13NOS. The largest absolute Gasteiger partial charge is 0.497 e. The van der Waals surface area contributed by atoms with Crippen LogP contribution in [0.15, 0.2) is 54.6 Å². The molecule has 0 radical (unpaired) electrons. The lowest BCUT2D eigenvalue weighted by Crippen LogP contribution is -1.88. The van der Waals surface area contributed by atoms with Crippen LogP contribution in [-0.2, 0) is 0 Å². The van der Waals surface area contributed by atoms with Crippen LogP contribution in [0.1, 0.15) is 0 Å². The molecule has 0 aliphatic rings. The van der Waals surface area contributed by atoms with Crippen molar-refractivity contribution in [3.8, 4) is 16.9 Å². The van der Waals surface area contributed by atoms with Gasteiger partial charge in [-0.2, -0.15) is 0 Å². The molecule has 1 N–H and O–H groups in total. The Morgan fingerprint density at radius 2 is 1.79 bits per heavy atom. The molecule has 94 valence electrons. The average Bonchev–Trinajstić information content (AvgIpc) is 2.47. The van der Waals surface area contributed by atoms with Crippen molar-refractivity contribution in [2.45, 2.75) is 0 Å². The number of hydrogen-bond acceptors (Lipinski definition) is 2. The topological polar surface area (TPSA) is 25.0 Å². The van der Waals surface area contributed by atoms with E-state index in [1.807, 2.05) is 42.5 Å². The summed E-state index contributed by atoms with van der Waals surface area (Å²) in [5, 5.41) is 1.11. The maximum atomic E-state index is 5.30. The van der Waals surface area contributed by atoms with Crippen LogP contribution in [0.2, 0.25) is 0 Å². The monoisotopic (exact) mass is 267 g/mol. The normalized spacial score (nSPS) is 10.6. The third-order valence-corrected chi connectivity index (χ3v) is 3.35. The fourth-order valence-electron chi connectivity index (χ4n) is 2.22. The first kappa shape index (κ1) is 11.9. The lowest BCUT2D eigenvalue weighted by Gasteiger charge is -2.09. The van der Waals surface area contributed by atoms with E-state index in [4.69, 9.17) is 17.0 Å². The summed E-state index contributed by atoms with van der Waals surface area (Å²) in [6.45, 7) is 0. The number of ether oxygens (including phenoxy) is 1. The smallest absolute Gasteiger partial charge is 0.119 e. The van der Waals surface area contributed by atoms with Gasteiger partial charge in [-0.3, -0.25) is 0 Å². The highest BCUT2D eigenvalue weighted by molar-refractivity contribution is 7.71. The van der Waals surface area contributed by atoms with Gasteiger partial charge in [-0.1, -0.05) is 42.5 Å². The highest BCUT2D eigenvalue weighted by atomic mass is 32.1. The number of methoxy groups -OCH3 is 1. The van der Waals surface area contributed by atoms with E-state index in [1.54, 1.807) is 7.11 Å². The second kappa shape index (κ2) is 4.86. The molecule has 19 heavy (non-hydrogen) atoms. The van der Waals surface area contributed by atoms with Crippen molar-refractivity contribution in [2.75, 3.05) is 7.11 Å². The summed E-state index contributed by atoms with van der Waals surface area (Å²) in [4.78, 5) is 3.21. The van der Waals surface area contributed by atoms with Crippen molar-refractivity contribution >= 4 is 23.1 Å². The Labute approximate surface area is 116 Å². The summed E-state index contributed by atoms with van der Waals surface area (Å²) in [7, 11) is 1.68. The van der Waals surface area contributed by atoms with E-state index in [0.29, 0.717) is 0 Å². The zero-order valence-electron chi connectivity index (χ0n) is 10.5. The second-order valence-electron chi connectivity index (χ2n) is 4.32. The fourth-order valence-corrected chi connectivity index (χ4v) is 2.44. The Morgan fingerprint density at radius 1 is 1.00 bits per heavy atom. The van der Waals surface area contributed by atoms with Gasteiger partial charge in [0.05, 0.1) is 7.11 Å². The van der Waals surface area contributed by atoms with Gasteiger partial charge in [0.1, 0.15) is 10.4 Å². The molecule has 0 saturated carbocycles. The molecule has 0 amide bonds. The van der Waals surface area contributed by atoms with Gasteiger partial charge in [0.2, 0.25) is 0 Å². The fraction of sp³-hybridized carbons (Fsp3) is 0.0625. The Kier molecular flexibility index (Phi) is 3.05. The van der Waals surface area contributed by atoms with Crippen LogP contribution in [0.25, 0.3) is 22.0 Å². The van der Waals surface area contributed by atoms with Gasteiger partial charge in [-0.05, 0) is 35.4 Å². The van der Waals surface area contributed by atoms with E-state index in [1.165, 1.54) is 0 Å². The van der Waals surface area contributed by atoms with Gasteiger partial charge < -0.3 is 9.72 Å². The molecule has 3 rings (SSSR count). The van der Waals surface area contributed by atoms with E-state index in [0.717, 1.165) is 32.4 Å². The standard InChI is InChI=1S/C16H13NOS/c1-18-12-7-8-15-14(9-12)13(10-16(19)17-15)11-5-3-2-4-6-11/h2-10H,1H3,(H,17,19). The minimum atomic E-state index is 0.733. The van der Waals surface area contributed by atoms with Crippen LogP contribution >= 0.6 is 12.2 Å². The van der Waals surface area contributed by atoms with Crippen molar-refractivity contribution in [1.29, 1.82) is 0 Å². The van der Waals surface area contributed by atoms with Crippen LogP contribution in [0.3, 0.4) is 0 Å². The van der Waals surface area contributed by atoms with Crippen molar-refractivity contribution in [3.63, 3.8) is 0 Å². The van der Waals surface area contributed by atoms with Crippen LogP contribution < -0.4 is 4.74 Å². The molecule has 2 nitrogen and oxygen atoms in total. The molecule has 0 aliphatic heterocycles. The molecule has 0 unspecified atom stereocenters. The number of aromatic nitrogens is 1. The van der Waals surface area contributed by atoms with Gasteiger partial charge in [0, 0.05) is 10.9 Å². The summed E-state index contributed by atoms with van der Waals surface area (Å²) in [5.41, 5.74) is 3.30. The molecular weight excluding hydrogens is 254 g/mol. The maximum Gasteiger partial charge on any atom is 0.119 e. The van der Waals surface area contributed by atoms with Crippen LogP contribution in [0, 0.1) is 4.64 Å². The number of pyridine rings is 1. The minimum absolute atomic E-state index is 0.733. The second-order valence-corrected chi connectivity index (χ2v) is 4.76. The van der Waals surface area contributed by atoms with Crippen molar-refractivity contribution in [3.05, 3.63) is 59.2 Å². The highest BCUT2D eigenvalue weighted by Gasteiger charge is 2.05. The summed E-state index contributed by atoms with van der Waals surface area (Å²) in [5.74, 6) is 0.843. The van der Waals surface area contributed by atoms with Gasteiger partial charge in [0.15, 0.2) is 0 Å². The Hall–Kier alpha value is -2.13. The molecule has 0 spiro atoms. The zero-order chi connectivity index (χ0) is 13.2. The molecule has 0 fully saturated rings. The van der Waals surface area contributed by atoms with Gasteiger partial charge >= 0.3 is 0 Å². The molecule has 3 aromatic rings. The summed E-state index contributed by atoms with van der Waals surface area (Å²) in [6.07, 6.45) is 0. The Morgan fingerprint density at radius 3 is 2.53 bits per heavy atom. The first-order chi connectivity index (χ1) is 9.28. The number of fused-ring (bicyclic) bond motifs is 1. The van der Waals surface area contributed by atoms with E-state index in [9.17, 15) is 0 Å². The predicted molar refractivity (Wildman–Crippen MR) is 81.1 cm³/mol. The number of benzene rings is 2. The summed E-state index contributed by atoms with van der Waals surface area (Å²) < 4.78 is 6.04. The molecule has 0 bridgehead atoms. The third-order valence-electron chi connectivity index (χ3n) is 3.14. The van der Waals surface area contributed by atoms with Gasteiger partial charge in [-0.25, -0.2) is 0 Å². The van der Waals surface area contributed by atoms with E-state index in [2.05, 4.69) is 17.1 Å². The van der Waals surface area contributed by atoms with Crippen LogP contribution in [0.5, 0.6) is 5.75 Å². The molecule has 0 saturated heterocycles. The highest BCUT2D eigenvalue weighted by Crippen LogP contribution is 2.30. The third kappa shape index (κ3) is 2.25. The number of H-pyrrole nitrogens is 1. The van der Waals surface area contributed by atoms with Gasteiger partial charge in [-0.15, -0.1) is 0 Å². The quantitative estimate of drug-likeness (QED) is 0.688. The SMILES string of the molecule is COc1ccc2[nH]c(=S)cc(-c3ccccc3)c2c1. The number of aromatic amines is 1. The summed E-state index contributed by atoms with van der Waals surface area (Å²) in [6, 6.07) is 18.2. The molecule has 3 heteroatoms. The minimum Gasteiger partial charge on any atom is -0.497 e. The first-order valence-corrected chi connectivity index (χ1v) is 6.45. The Balaban J connectivity index is 2.36. The van der Waals surface area contributed by atoms with E-state index >= 15 is 0 Å². The lowest BCUT2D eigenvalue weighted by atomic mass is 10.0. The summed E-state index contributed by atoms with van der Waals surface area (Å²) >= 11 is 5.30. The van der Waals surface area contributed by atoms with Crippen LogP contribution in [0.4, 0.5) is 0 Å².